The zero-order chi connectivity index (χ0) is 19.8. The second kappa shape index (κ2) is 9.76. The van der Waals surface area contributed by atoms with Crippen molar-refractivity contribution in [3.63, 3.8) is 0 Å². The zero-order valence-corrected chi connectivity index (χ0v) is 16.0. The van der Waals surface area contributed by atoms with E-state index in [1.54, 1.807) is 24.3 Å². The van der Waals surface area contributed by atoms with Crippen LogP contribution in [0.3, 0.4) is 0 Å². The van der Waals surface area contributed by atoms with Crippen molar-refractivity contribution in [2.24, 2.45) is 0 Å². The molecule has 2 aromatic carbocycles. The standard InChI is InChI=1S/C22H27NO4/c1-4-19(16-8-6-5-7-9-16)22(26)23-20(14-21(24)25)17-10-12-18(13-11-17)27-15(2)3/h5-13,15,19-20H,4,14H2,1-3H3,(H,23,26)(H,24,25). The van der Waals surface area contributed by atoms with Gasteiger partial charge in [-0.15, -0.1) is 0 Å². The maximum atomic E-state index is 12.8. The molecule has 0 aliphatic heterocycles. The summed E-state index contributed by atoms with van der Waals surface area (Å²) in [6, 6.07) is 16.1. The Kier molecular flexibility index (Phi) is 7.41. The summed E-state index contributed by atoms with van der Waals surface area (Å²) in [7, 11) is 0. The van der Waals surface area contributed by atoms with Crippen LogP contribution in [0.4, 0.5) is 0 Å². The zero-order valence-electron chi connectivity index (χ0n) is 16.0. The monoisotopic (exact) mass is 369 g/mol. The van der Waals surface area contributed by atoms with Crippen LogP contribution in [0.15, 0.2) is 54.6 Å². The number of nitrogens with one attached hydrogen (secondary N) is 1. The van der Waals surface area contributed by atoms with Crippen molar-refractivity contribution in [3.8, 4) is 5.75 Å². The van der Waals surface area contributed by atoms with E-state index in [1.807, 2.05) is 51.1 Å². The van der Waals surface area contributed by atoms with Gasteiger partial charge in [-0.3, -0.25) is 9.59 Å². The Labute approximate surface area is 160 Å². The average Bonchev–Trinajstić information content (AvgIpc) is 2.62. The van der Waals surface area contributed by atoms with Gasteiger partial charge in [0.1, 0.15) is 5.75 Å². The molecule has 0 saturated heterocycles. The normalized spacial score (nSPS) is 13.0. The molecule has 2 unspecified atom stereocenters. The Morgan fingerprint density at radius 3 is 2.15 bits per heavy atom. The first-order valence-corrected chi connectivity index (χ1v) is 9.24. The molecule has 27 heavy (non-hydrogen) atoms. The lowest BCUT2D eigenvalue weighted by Crippen LogP contribution is -2.34. The summed E-state index contributed by atoms with van der Waals surface area (Å²) in [4.78, 5) is 24.1. The second-order valence-corrected chi connectivity index (χ2v) is 6.77. The fraction of sp³-hybridized carbons (Fsp3) is 0.364. The Morgan fingerprint density at radius 2 is 1.63 bits per heavy atom. The van der Waals surface area contributed by atoms with Crippen molar-refractivity contribution in [2.75, 3.05) is 0 Å². The van der Waals surface area contributed by atoms with Crippen molar-refractivity contribution < 1.29 is 19.4 Å². The predicted molar refractivity (Wildman–Crippen MR) is 105 cm³/mol. The van der Waals surface area contributed by atoms with Crippen molar-refractivity contribution >= 4 is 11.9 Å². The van der Waals surface area contributed by atoms with Crippen molar-refractivity contribution in [3.05, 3.63) is 65.7 Å². The molecule has 0 spiro atoms. The molecular formula is C22H27NO4. The quantitative estimate of drug-likeness (QED) is 0.691. The molecule has 0 saturated carbocycles. The molecular weight excluding hydrogens is 342 g/mol. The second-order valence-electron chi connectivity index (χ2n) is 6.77. The first kappa shape index (κ1) is 20.5. The van der Waals surface area contributed by atoms with Gasteiger partial charge in [-0.1, -0.05) is 49.4 Å². The number of carbonyl (C=O) groups excluding carboxylic acids is 1. The van der Waals surface area contributed by atoms with Crippen LogP contribution in [0.1, 0.15) is 56.7 Å². The van der Waals surface area contributed by atoms with Crippen LogP contribution in [-0.2, 0) is 9.59 Å². The third kappa shape index (κ3) is 6.13. The maximum absolute atomic E-state index is 12.8. The topological polar surface area (TPSA) is 75.6 Å². The third-order valence-electron chi connectivity index (χ3n) is 4.28. The van der Waals surface area contributed by atoms with Crippen LogP contribution in [0, 0.1) is 0 Å². The minimum atomic E-state index is -0.962. The van der Waals surface area contributed by atoms with Crippen LogP contribution in [0.2, 0.25) is 0 Å². The molecule has 2 aromatic rings. The molecule has 0 fully saturated rings. The van der Waals surface area contributed by atoms with Gasteiger partial charge in [0.25, 0.3) is 0 Å². The largest absolute Gasteiger partial charge is 0.491 e. The predicted octanol–water partition coefficient (Wildman–Crippen LogP) is 4.30. The van der Waals surface area contributed by atoms with E-state index >= 15 is 0 Å². The van der Waals surface area contributed by atoms with E-state index in [1.165, 1.54) is 0 Å². The molecule has 5 nitrogen and oxygen atoms in total. The summed E-state index contributed by atoms with van der Waals surface area (Å²) in [5, 5.41) is 12.2. The van der Waals surface area contributed by atoms with Gasteiger partial charge in [-0.05, 0) is 43.5 Å². The molecule has 2 N–H and O–H groups in total. The number of carboxylic acids is 1. The SMILES string of the molecule is CCC(C(=O)NC(CC(=O)O)c1ccc(OC(C)C)cc1)c1ccccc1. The number of amides is 1. The molecule has 0 aromatic heterocycles. The molecule has 144 valence electrons. The molecule has 0 aliphatic carbocycles. The summed E-state index contributed by atoms with van der Waals surface area (Å²) >= 11 is 0. The molecule has 2 rings (SSSR count). The number of hydrogen-bond acceptors (Lipinski definition) is 3. The van der Waals surface area contributed by atoms with E-state index in [-0.39, 0.29) is 24.3 Å². The highest BCUT2D eigenvalue weighted by molar-refractivity contribution is 5.84. The fourth-order valence-corrected chi connectivity index (χ4v) is 3.01. The molecule has 0 heterocycles. The van der Waals surface area contributed by atoms with Crippen LogP contribution < -0.4 is 10.1 Å². The lowest BCUT2D eigenvalue weighted by Gasteiger charge is -2.22. The van der Waals surface area contributed by atoms with Gasteiger partial charge in [0, 0.05) is 0 Å². The summed E-state index contributed by atoms with van der Waals surface area (Å²) < 4.78 is 5.62. The van der Waals surface area contributed by atoms with Crippen molar-refractivity contribution in [2.45, 2.75) is 51.7 Å². The molecule has 0 bridgehead atoms. The maximum Gasteiger partial charge on any atom is 0.305 e. The van der Waals surface area contributed by atoms with Gasteiger partial charge < -0.3 is 15.2 Å². The van der Waals surface area contributed by atoms with E-state index in [0.717, 1.165) is 11.1 Å². The van der Waals surface area contributed by atoms with Crippen LogP contribution in [0.5, 0.6) is 5.75 Å². The fourth-order valence-electron chi connectivity index (χ4n) is 3.01. The average molecular weight is 369 g/mol. The molecule has 0 aliphatic rings. The van der Waals surface area contributed by atoms with Gasteiger partial charge >= 0.3 is 5.97 Å². The first-order valence-electron chi connectivity index (χ1n) is 9.24. The summed E-state index contributed by atoms with van der Waals surface area (Å²) in [5.41, 5.74) is 1.66. The molecule has 5 heteroatoms. The highest BCUT2D eigenvalue weighted by Gasteiger charge is 2.24. The van der Waals surface area contributed by atoms with Gasteiger partial charge in [-0.2, -0.15) is 0 Å². The number of ether oxygens (including phenoxy) is 1. The van der Waals surface area contributed by atoms with Gasteiger partial charge in [0.2, 0.25) is 5.91 Å². The molecule has 0 radical (unpaired) electrons. The number of carboxylic acid groups (broad SMARTS) is 1. The van der Waals surface area contributed by atoms with Crippen LogP contribution >= 0.6 is 0 Å². The molecule has 1 amide bonds. The van der Waals surface area contributed by atoms with E-state index in [2.05, 4.69) is 5.32 Å². The number of aliphatic carboxylic acids is 1. The number of hydrogen-bond donors (Lipinski definition) is 2. The number of benzene rings is 2. The van der Waals surface area contributed by atoms with Crippen molar-refractivity contribution in [1.82, 2.24) is 5.32 Å². The van der Waals surface area contributed by atoms with Gasteiger partial charge in [0.05, 0.1) is 24.5 Å². The summed E-state index contributed by atoms with van der Waals surface area (Å²) in [6.45, 7) is 5.83. The summed E-state index contributed by atoms with van der Waals surface area (Å²) in [6.07, 6.45) is 0.513. The van der Waals surface area contributed by atoms with E-state index < -0.39 is 12.0 Å². The highest BCUT2D eigenvalue weighted by Crippen LogP contribution is 2.25. The van der Waals surface area contributed by atoms with Gasteiger partial charge in [-0.25, -0.2) is 0 Å². The Balaban J connectivity index is 2.18. The molecule has 2 atom stereocenters. The Morgan fingerprint density at radius 1 is 1.00 bits per heavy atom. The van der Waals surface area contributed by atoms with E-state index in [4.69, 9.17) is 4.74 Å². The number of carbonyl (C=O) groups is 2. The number of rotatable bonds is 9. The third-order valence-corrected chi connectivity index (χ3v) is 4.28. The first-order chi connectivity index (χ1) is 12.9. The Hall–Kier alpha value is -2.82. The van der Waals surface area contributed by atoms with Gasteiger partial charge in [0.15, 0.2) is 0 Å². The lowest BCUT2D eigenvalue weighted by molar-refractivity contribution is -0.137. The lowest BCUT2D eigenvalue weighted by atomic mass is 9.94. The van der Waals surface area contributed by atoms with E-state index in [0.29, 0.717) is 12.2 Å². The van der Waals surface area contributed by atoms with Crippen LogP contribution in [0.25, 0.3) is 0 Å². The Bertz CT molecular complexity index is 741. The smallest absolute Gasteiger partial charge is 0.305 e. The van der Waals surface area contributed by atoms with E-state index in [9.17, 15) is 14.7 Å². The minimum Gasteiger partial charge on any atom is -0.491 e. The van der Waals surface area contributed by atoms with Crippen LogP contribution in [-0.4, -0.2) is 23.1 Å². The van der Waals surface area contributed by atoms with Crippen molar-refractivity contribution in [1.29, 1.82) is 0 Å². The minimum absolute atomic E-state index is 0.0570. The summed E-state index contributed by atoms with van der Waals surface area (Å²) in [5.74, 6) is -0.732. The highest BCUT2D eigenvalue weighted by atomic mass is 16.5.